The number of ether oxygens (including phenoxy) is 1. The molecule has 57 heavy (non-hydrogen) atoms. The van der Waals surface area contributed by atoms with Crippen LogP contribution in [0.15, 0.2) is 139 Å². The number of phenols is 1. The van der Waals surface area contributed by atoms with Gasteiger partial charge in [-0.15, -0.1) is 0 Å². The van der Waals surface area contributed by atoms with E-state index in [1.807, 2.05) is 78.9 Å². The molecule has 3 aliphatic carbocycles. The van der Waals surface area contributed by atoms with E-state index in [9.17, 15) is 14.7 Å². The van der Waals surface area contributed by atoms with Crippen LogP contribution in [0.2, 0.25) is 0 Å². The first kappa shape index (κ1) is 35.5. The van der Waals surface area contributed by atoms with Crippen molar-refractivity contribution in [1.82, 2.24) is 9.80 Å². The Morgan fingerprint density at radius 1 is 0.789 bits per heavy atom. The first-order valence-corrected chi connectivity index (χ1v) is 20.2. The van der Waals surface area contributed by atoms with Crippen molar-refractivity contribution in [2.75, 3.05) is 13.1 Å². The van der Waals surface area contributed by atoms with Crippen LogP contribution in [-0.4, -0.2) is 57.4 Å². The fourth-order valence-corrected chi connectivity index (χ4v) is 11.3. The van der Waals surface area contributed by atoms with Gasteiger partial charge in [-0.2, -0.15) is 0 Å². The maximum Gasteiger partial charge on any atom is 0.233 e. The third-order valence-electron chi connectivity index (χ3n) is 13.7. The van der Waals surface area contributed by atoms with Gasteiger partial charge in [-0.25, -0.2) is 0 Å². The van der Waals surface area contributed by atoms with Crippen molar-refractivity contribution in [3.05, 3.63) is 161 Å². The summed E-state index contributed by atoms with van der Waals surface area (Å²) in [6.07, 6.45) is 7.83. The number of allylic oxidation sites excluding steroid dienone is 5. The number of imide groups is 1. The maximum absolute atomic E-state index is 15.4. The highest BCUT2D eigenvalue weighted by atomic mass is 16.5. The summed E-state index contributed by atoms with van der Waals surface area (Å²) in [7, 11) is 0. The Morgan fingerprint density at radius 3 is 2.23 bits per heavy atom. The van der Waals surface area contributed by atoms with E-state index in [0.29, 0.717) is 42.6 Å². The molecule has 2 saturated heterocycles. The number of rotatable bonds is 6. The molecule has 6 atom stereocenters. The van der Waals surface area contributed by atoms with Crippen LogP contribution in [0.3, 0.4) is 0 Å². The zero-order valence-corrected chi connectivity index (χ0v) is 31.6. The summed E-state index contributed by atoms with van der Waals surface area (Å²) < 4.78 is 6.26. The Morgan fingerprint density at radius 2 is 1.49 bits per heavy atom. The van der Waals surface area contributed by atoms with Gasteiger partial charge < -0.3 is 9.84 Å². The molecule has 286 valence electrons. The predicted octanol–water partition coefficient (Wildman–Crippen LogP) is 7.23. The van der Waals surface area contributed by atoms with Crippen LogP contribution in [0.5, 0.6) is 11.5 Å². The minimum atomic E-state index is -1.33. The molecule has 4 aromatic carbocycles. The van der Waals surface area contributed by atoms with E-state index < -0.39 is 35.0 Å². The number of hydrogen-bond acceptors (Lipinski definition) is 7. The van der Waals surface area contributed by atoms with Gasteiger partial charge in [0.25, 0.3) is 0 Å². The lowest BCUT2D eigenvalue weighted by molar-refractivity contribution is -0.144. The predicted molar refractivity (Wildman–Crippen MR) is 214 cm³/mol. The van der Waals surface area contributed by atoms with Crippen molar-refractivity contribution in [3.63, 3.8) is 0 Å². The lowest BCUT2D eigenvalue weighted by Gasteiger charge is -2.56. The summed E-state index contributed by atoms with van der Waals surface area (Å²) in [5, 5.41) is 10.5. The number of fused-ring (bicyclic) bond motifs is 5. The number of carbonyl (C=O) groups is 4. The molecule has 4 aromatic rings. The number of likely N-dealkylation sites (tertiary alicyclic amines) is 2. The van der Waals surface area contributed by atoms with Gasteiger partial charge in [0.2, 0.25) is 11.8 Å². The van der Waals surface area contributed by atoms with Crippen molar-refractivity contribution in [3.8, 4) is 11.5 Å². The molecule has 6 aliphatic rings. The number of Topliss-reactive ketones (excluding diaryl/α,β-unsaturated/α-hetero) is 1. The molecule has 0 aromatic heterocycles. The van der Waals surface area contributed by atoms with Gasteiger partial charge in [0.1, 0.15) is 11.5 Å². The molecule has 1 N–H and O–H groups in total. The lowest BCUT2D eigenvalue weighted by atomic mass is 9.44. The number of aromatic hydroxyl groups is 1. The summed E-state index contributed by atoms with van der Waals surface area (Å²) in [6.45, 7) is 2.41. The molecule has 2 amide bonds. The minimum Gasteiger partial charge on any atom is -0.508 e. The molecule has 0 radical (unpaired) electrons. The van der Waals surface area contributed by atoms with Gasteiger partial charge in [0.05, 0.1) is 23.5 Å². The molecule has 3 heterocycles. The highest BCUT2D eigenvalue weighted by Gasteiger charge is 2.66. The minimum absolute atomic E-state index is 0.107. The standard InChI is InChI=1S/C49H44N2O6/c52-36-16-19-42-32(25-36)24-33(29-57-42)45-37-17-18-38-44(48(56)51(47(38)55)35-20-22-50(23-21-35)28-30-10-4-1-5-11-30)40(37)26-41-46(54)39(31-12-6-2-7-13-31)27-43(53)49(41,45)34-14-8-3-9-15-34/h1-17,19,25,27,29,35,38,40-41,44-45,52H,18,20-24,26,28H2/t38-,40+,41-,44-,45-,49-/m0/s1. The monoisotopic (exact) mass is 756 g/mol. The van der Waals surface area contributed by atoms with E-state index in [2.05, 4.69) is 23.1 Å². The average molecular weight is 757 g/mol. The fourth-order valence-electron chi connectivity index (χ4n) is 11.3. The molecule has 8 nitrogen and oxygen atoms in total. The number of phenolic OH excluding ortho intramolecular Hbond substituents is 1. The van der Waals surface area contributed by atoms with Gasteiger partial charge in [0, 0.05) is 55.1 Å². The van der Waals surface area contributed by atoms with E-state index in [1.165, 1.54) is 5.56 Å². The number of benzene rings is 4. The third-order valence-corrected chi connectivity index (χ3v) is 13.7. The molecule has 0 bridgehead atoms. The number of piperidine rings is 1. The van der Waals surface area contributed by atoms with Crippen molar-refractivity contribution in [1.29, 1.82) is 0 Å². The summed E-state index contributed by atoms with van der Waals surface area (Å²) in [4.78, 5) is 64.0. The third kappa shape index (κ3) is 5.67. The Labute approximate surface area is 332 Å². The van der Waals surface area contributed by atoms with Gasteiger partial charge in [-0.1, -0.05) is 103 Å². The quantitative estimate of drug-likeness (QED) is 0.164. The molecule has 0 spiro atoms. The van der Waals surface area contributed by atoms with Crippen LogP contribution in [0, 0.1) is 29.6 Å². The summed E-state index contributed by atoms with van der Waals surface area (Å²) in [5.74, 6) is -2.88. The van der Waals surface area contributed by atoms with E-state index in [4.69, 9.17) is 4.74 Å². The fraction of sp³-hybridized carbons (Fsp3) is 0.306. The SMILES string of the molecule is O=C1C(c2ccccc2)=CC(=O)[C@@]2(c3ccccc3)[C@@H](C3=COc4ccc(O)cc4C3)C3=CC[C@@H]4C(=O)N(C5CCN(Cc6ccccc6)CC5)C(=O)[C@@H]4[C@@H]3C[C@@H]12. The van der Waals surface area contributed by atoms with Crippen LogP contribution >= 0.6 is 0 Å². The maximum atomic E-state index is 15.4. The van der Waals surface area contributed by atoms with Gasteiger partial charge in [-0.3, -0.25) is 29.0 Å². The van der Waals surface area contributed by atoms with Crippen LogP contribution in [-0.2, 0) is 37.6 Å². The Bertz CT molecular complexity index is 2380. The van der Waals surface area contributed by atoms with Crippen LogP contribution in [0.4, 0.5) is 0 Å². The van der Waals surface area contributed by atoms with Crippen LogP contribution in [0.25, 0.3) is 5.57 Å². The second kappa shape index (κ2) is 14.0. The Hall–Kier alpha value is -5.86. The molecular formula is C49H44N2O6. The second-order valence-corrected chi connectivity index (χ2v) is 16.6. The molecule has 8 heteroatoms. The van der Waals surface area contributed by atoms with Gasteiger partial charge in [0.15, 0.2) is 11.6 Å². The van der Waals surface area contributed by atoms with Crippen molar-refractivity contribution >= 4 is 29.0 Å². The van der Waals surface area contributed by atoms with E-state index in [1.54, 1.807) is 35.4 Å². The number of carbonyl (C=O) groups excluding carboxylic acids is 4. The number of nitrogens with zero attached hydrogens (tertiary/aromatic N) is 2. The summed E-state index contributed by atoms with van der Waals surface area (Å²) >= 11 is 0. The normalized spacial score (nSPS) is 28.7. The molecule has 10 rings (SSSR count). The Balaban J connectivity index is 1.06. The van der Waals surface area contributed by atoms with Gasteiger partial charge >= 0.3 is 0 Å². The van der Waals surface area contributed by atoms with E-state index >= 15 is 9.59 Å². The molecule has 1 saturated carbocycles. The smallest absolute Gasteiger partial charge is 0.233 e. The largest absolute Gasteiger partial charge is 0.508 e. The first-order chi connectivity index (χ1) is 27.8. The van der Waals surface area contributed by atoms with E-state index in [0.717, 1.165) is 41.9 Å². The highest BCUT2D eigenvalue weighted by molar-refractivity contribution is 6.31. The highest BCUT2D eigenvalue weighted by Crippen LogP contribution is 2.63. The molecule has 3 aliphatic heterocycles. The average Bonchev–Trinajstić information content (AvgIpc) is 3.51. The van der Waals surface area contributed by atoms with Crippen LogP contribution in [0.1, 0.15) is 47.9 Å². The van der Waals surface area contributed by atoms with E-state index in [-0.39, 0.29) is 41.6 Å². The second-order valence-electron chi connectivity index (χ2n) is 16.6. The zero-order valence-electron chi connectivity index (χ0n) is 31.6. The summed E-state index contributed by atoms with van der Waals surface area (Å²) in [6, 6.07) is 34.1. The Kier molecular flexibility index (Phi) is 8.70. The molecular weight excluding hydrogens is 713 g/mol. The first-order valence-electron chi connectivity index (χ1n) is 20.2. The molecule has 3 fully saturated rings. The zero-order chi connectivity index (χ0) is 38.8. The van der Waals surface area contributed by atoms with Crippen molar-refractivity contribution in [2.24, 2.45) is 29.6 Å². The van der Waals surface area contributed by atoms with Crippen molar-refractivity contribution in [2.45, 2.75) is 50.1 Å². The summed E-state index contributed by atoms with van der Waals surface area (Å²) in [5.41, 5.74) is 4.20. The topological polar surface area (TPSA) is 104 Å². The number of ketones is 2. The van der Waals surface area contributed by atoms with Crippen molar-refractivity contribution < 1.29 is 29.0 Å². The van der Waals surface area contributed by atoms with Gasteiger partial charge in [-0.05, 0) is 78.1 Å². The number of hydrogen-bond donors (Lipinski definition) is 1. The number of amides is 2. The molecule has 0 unspecified atom stereocenters. The van der Waals surface area contributed by atoms with Crippen LogP contribution < -0.4 is 4.74 Å². The lowest BCUT2D eigenvalue weighted by Crippen LogP contribution is -2.60.